The summed E-state index contributed by atoms with van der Waals surface area (Å²) in [5.74, 6) is 4.87. The lowest BCUT2D eigenvalue weighted by Crippen LogP contribution is -2.14. The van der Waals surface area contributed by atoms with Crippen LogP contribution in [-0.2, 0) is 0 Å². The maximum absolute atomic E-state index is 13.4. The highest BCUT2D eigenvalue weighted by Gasteiger charge is 2.08. The number of nitrogens with zero attached hydrogens (tertiary/aromatic N) is 1. The average molecular weight is 260 g/mol. The summed E-state index contributed by atoms with van der Waals surface area (Å²) >= 11 is 0. The molecular formula is C13H13FN4O. The molecule has 1 aromatic heterocycles. The van der Waals surface area contributed by atoms with Crippen LogP contribution >= 0.6 is 0 Å². The molecule has 0 bridgehead atoms. The third-order valence-electron chi connectivity index (χ3n) is 2.60. The largest absolute Gasteiger partial charge is 0.322 e. The number of halogens is 1. The van der Waals surface area contributed by atoms with Crippen molar-refractivity contribution in [3.8, 4) is 0 Å². The van der Waals surface area contributed by atoms with Crippen molar-refractivity contribution in [2.24, 2.45) is 5.84 Å². The van der Waals surface area contributed by atoms with Crippen LogP contribution in [0.3, 0.4) is 0 Å². The van der Waals surface area contributed by atoms with Gasteiger partial charge in [-0.05, 0) is 36.8 Å². The number of anilines is 2. The Hall–Kier alpha value is -2.47. The maximum Gasteiger partial charge on any atom is 0.255 e. The molecule has 0 saturated carbocycles. The van der Waals surface area contributed by atoms with E-state index in [0.717, 1.165) is 0 Å². The van der Waals surface area contributed by atoms with Gasteiger partial charge in [0, 0.05) is 17.4 Å². The van der Waals surface area contributed by atoms with Crippen LogP contribution in [0.15, 0.2) is 36.5 Å². The Labute approximate surface area is 109 Å². The van der Waals surface area contributed by atoms with Gasteiger partial charge < -0.3 is 10.7 Å². The van der Waals surface area contributed by atoms with E-state index < -0.39 is 0 Å². The van der Waals surface area contributed by atoms with Crippen molar-refractivity contribution < 1.29 is 9.18 Å². The Kier molecular flexibility index (Phi) is 3.72. The summed E-state index contributed by atoms with van der Waals surface area (Å²) in [5.41, 5.74) is 3.65. The number of hydrogen-bond acceptors (Lipinski definition) is 4. The second kappa shape index (κ2) is 5.45. The van der Waals surface area contributed by atoms with Gasteiger partial charge in [-0.1, -0.05) is 6.07 Å². The van der Waals surface area contributed by atoms with Crippen LogP contribution in [0.1, 0.15) is 15.9 Å². The number of benzene rings is 1. The van der Waals surface area contributed by atoms with Gasteiger partial charge in [0.25, 0.3) is 5.91 Å². The zero-order valence-electron chi connectivity index (χ0n) is 10.3. The van der Waals surface area contributed by atoms with Gasteiger partial charge in [0.05, 0.1) is 0 Å². The predicted octanol–water partition coefficient (Wildman–Crippen LogP) is 2.07. The van der Waals surface area contributed by atoms with Gasteiger partial charge in [0.15, 0.2) is 0 Å². The number of carbonyl (C=O) groups is 1. The van der Waals surface area contributed by atoms with Crippen LogP contribution in [0.2, 0.25) is 0 Å². The van der Waals surface area contributed by atoms with Gasteiger partial charge in [-0.3, -0.25) is 4.79 Å². The SMILES string of the molecule is Cc1ccc(NC(=O)c2ccnc(NN)c2)cc1F. The Morgan fingerprint density at radius 2 is 2.11 bits per heavy atom. The first-order valence-electron chi connectivity index (χ1n) is 5.60. The first-order valence-corrected chi connectivity index (χ1v) is 5.60. The summed E-state index contributed by atoms with van der Waals surface area (Å²) in [4.78, 5) is 15.8. The average Bonchev–Trinajstić information content (AvgIpc) is 2.43. The molecule has 0 radical (unpaired) electrons. The van der Waals surface area contributed by atoms with Crippen molar-refractivity contribution in [3.05, 3.63) is 53.5 Å². The van der Waals surface area contributed by atoms with Crippen molar-refractivity contribution in [2.45, 2.75) is 6.92 Å². The second-order valence-electron chi connectivity index (χ2n) is 3.99. The lowest BCUT2D eigenvalue weighted by atomic mass is 10.2. The molecule has 5 nitrogen and oxygen atoms in total. The van der Waals surface area contributed by atoms with E-state index >= 15 is 0 Å². The summed E-state index contributed by atoms with van der Waals surface area (Å²) in [6, 6.07) is 7.56. The smallest absolute Gasteiger partial charge is 0.255 e. The van der Waals surface area contributed by atoms with Gasteiger partial charge in [0.2, 0.25) is 0 Å². The van der Waals surface area contributed by atoms with E-state index in [4.69, 9.17) is 5.84 Å². The summed E-state index contributed by atoms with van der Waals surface area (Å²) in [5, 5.41) is 2.60. The minimum absolute atomic E-state index is 0.359. The summed E-state index contributed by atoms with van der Waals surface area (Å²) in [6.45, 7) is 1.66. The lowest BCUT2D eigenvalue weighted by molar-refractivity contribution is 0.102. The number of nitrogens with two attached hydrogens (primary N) is 1. The van der Waals surface area contributed by atoms with Gasteiger partial charge >= 0.3 is 0 Å². The molecule has 4 N–H and O–H groups in total. The minimum Gasteiger partial charge on any atom is -0.322 e. The lowest BCUT2D eigenvalue weighted by Gasteiger charge is -2.07. The molecule has 1 aromatic carbocycles. The fourth-order valence-corrected chi connectivity index (χ4v) is 1.52. The third kappa shape index (κ3) is 3.05. The molecule has 1 heterocycles. The number of aromatic nitrogens is 1. The zero-order chi connectivity index (χ0) is 13.8. The molecule has 0 aliphatic carbocycles. The first-order chi connectivity index (χ1) is 9.10. The van der Waals surface area contributed by atoms with Gasteiger partial charge in [-0.15, -0.1) is 0 Å². The maximum atomic E-state index is 13.4. The van der Waals surface area contributed by atoms with Gasteiger partial charge in [0.1, 0.15) is 11.6 Å². The Morgan fingerprint density at radius 1 is 1.32 bits per heavy atom. The summed E-state index contributed by atoms with van der Waals surface area (Å²) in [7, 11) is 0. The van der Waals surface area contributed by atoms with Crippen molar-refractivity contribution in [3.63, 3.8) is 0 Å². The van der Waals surface area contributed by atoms with E-state index in [-0.39, 0.29) is 11.7 Å². The van der Waals surface area contributed by atoms with Crippen molar-refractivity contribution in [1.29, 1.82) is 0 Å². The highest BCUT2D eigenvalue weighted by Crippen LogP contribution is 2.15. The molecule has 1 amide bonds. The van der Waals surface area contributed by atoms with E-state index in [1.54, 1.807) is 25.1 Å². The Balaban J connectivity index is 2.18. The van der Waals surface area contributed by atoms with Crippen LogP contribution in [0.4, 0.5) is 15.9 Å². The zero-order valence-corrected chi connectivity index (χ0v) is 10.3. The van der Waals surface area contributed by atoms with E-state index in [2.05, 4.69) is 15.7 Å². The molecule has 0 spiro atoms. The summed E-state index contributed by atoms with van der Waals surface area (Å²) in [6.07, 6.45) is 1.46. The number of hydrazine groups is 1. The number of nitrogens with one attached hydrogen (secondary N) is 2. The van der Waals surface area contributed by atoms with Crippen LogP contribution in [-0.4, -0.2) is 10.9 Å². The number of amides is 1. The van der Waals surface area contributed by atoms with Crippen molar-refractivity contribution in [1.82, 2.24) is 4.98 Å². The monoisotopic (exact) mass is 260 g/mol. The van der Waals surface area contributed by atoms with Crippen LogP contribution in [0.25, 0.3) is 0 Å². The molecule has 2 aromatic rings. The quantitative estimate of drug-likeness (QED) is 0.583. The van der Waals surface area contributed by atoms with Crippen LogP contribution in [0, 0.1) is 12.7 Å². The molecule has 0 unspecified atom stereocenters. The summed E-state index contributed by atoms with van der Waals surface area (Å²) < 4.78 is 13.4. The molecular weight excluding hydrogens is 247 g/mol. The number of pyridine rings is 1. The number of rotatable bonds is 3. The fraction of sp³-hybridized carbons (Fsp3) is 0.0769. The molecule has 6 heteroatoms. The third-order valence-corrected chi connectivity index (χ3v) is 2.60. The number of nitrogen functional groups attached to an aromatic ring is 1. The molecule has 0 fully saturated rings. The highest BCUT2D eigenvalue weighted by molar-refractivity contribution is 6.04. The molecule has 98 valence electrons. The molecule has 0 saturated heterocycles. The van der Waals surface area contributed by atoms with E-state index in [9.17, 15) is 9.18 Å². The van der Waals surface area contributed by atoms with Gasteiger partial charge in [-0.2, -0.15) is 0 Å². The number of hydrogen-bond donors (Lipinski definition) is 3. The van der Waals surface area contributed by atoms with E-state index in [1.165, 1.54) is 18.3 Å². The predicted molar refractivity (Wildman–Crippen MR) is 71.1 cm³/mol. The van der Waals surface area contributed by atoms with Crippen molar-refractivity contribution in [2.75, 3.05) is 10.7 Å². The van der Waals surface area contributed by atoms with Crippen LogP contribution < -0.4 is 16.6 Å². The molecule has 0 atom stereocenters. The highest BCUT2D eigenvalue weighted by atomic mass is 19.1. The van der Waals surface area contributed by atoms with Gasteiger partial charge in [-0.25, -0.2) is 15.2 Å². The fourth-order valence-electron chi connectivity index (χ4n) is 1.52. The van der Waals surface area contributed by atoms with E-state index in [1.807, 2.05) is 0 Å². The van der Waals surface area contributed by atoms with Crippen molar-refractivity contribution >= 4 is 17.4 Å². The molecule has 2 rings (SSSR count). The Bertz CT molecular complexity index is 615. The number of carbonyl (C=O) groups excluding carboxylic acids is 1. The topological polar surface area (TPSA) is 80.0 Å². The van der Waals surface area contributed by atoms with E-state index in [0.29, 0.717) is 22.6 Å². The standard InChI is InChI=1S/C13H13FN4O/c1-8-2-3-10(7-11(8)14)17-13(19)9-4-5-16-12(6-9)18-15/h2-7H,15H2,1H3,(H,16,18)(H,17,19). The number of aryl methyl sites for hydroxylation is 1. The van der Waals surface area contributed by atoms with Crippen LogP contribution in [0.5, 0.6) is 0 Å². The molecule has 19 heavy (non-hydrogen) atoms. The first kappa shape index (κ1) is 13.0. The Morgan fingerprint density at radius 3 is 2.79 bits per heavy atom. The normalized spacial score (nSPS) is 10.1. The molecule has 0 aliphatic heterocycles. The second-order valence-corrected chi connectivity index (χ2v) is 3.99. The molecule has 0 aliphatic rings. The minimum atomic E-state index is -0.364.